The first kappa shape index (κ1) is 18.6. The van der Waals surface area contributed by atoms with Gasteiger partial charge in [-0.15, -0.1) is 0 Å². The van der Waals surface area contributed by atoms with Crippen LogP contribution in [0.3, 0.4) is 0 Å². The van der Waals surface area contributed by atoms with E-state index in [9.17, 15) is 9.59 Å². The van der Waals surface area contributed by atoms with Gasteiger partial charge in [0.15, 0.2) is 0 Å². The monoisotopic (exact) mass is 399 g/mol. The molecule has 1 N–H and O–H groups in total. The summed E-state index contributed by atoms with van der Waals surface area (Å²) in [5.74, 6) is -0.225. The number of cyclic esters (lactones) is 1. The van der Waals surface area contributed by atoms with Crippen LogP contribution in [0.4, 0.5) is 21.9 Å². The first-order chi connectivity index (χ1) is 13.6. The SMILES string of the molecule is O=C(Nc1ccc(N2CCCCC2)c(Cl)c1)c1ccc(N2CCOC2=O)cc1. The van der Waals surface area contributed by atoms with Gasteiger partial charge in [0.2, 0.25) is 0 Å². The molecule has 0 aromatic heterocycles. The Hall–Kier alpha value is -2.73. The molecule has 0 spiro atoms. The van der Waals surface area contributed by atoms with Gasteiger partial charge >= 0.3 is 6.09 Å². The van der Waals surface area contributed by atoms with Gasteiger partial charge < -0.3 is 15.0 Å². The second-order valence-electron chi connectivity index (χ2n) is 6.98. The highest BCUT2D eigenvalue weighted by atomic mass is 35.5. The Balaban J connectivity index is 1.43. The average molecular weight is 400 g/mol. The summed E-state index contributed by atoms with van der Waals surface area (Å²) in [5.41, 5.74) is 2.89. The molecule has 2 aliphatic heterocycles. The highest BCUT2D eigenvalue weighted by Crippen LogP contribution is 2.31. The molecule has 0 atom stereocenters. The van der Waals surface area contributed by atoms with Gasteiger partial charge in [-0.3, -0.25) is 9.69 Å². The number of anilines is 3. The molecular weight excluding hydrogens is 378 g/mol. The number of halogens is 1. The summed E-state index contributed by atoms with van der Waals surface area (Å²) in [6.45, 7) is 2.94. The van der Waals surface area contributed by atoms with E-state index in [1.54, 1.807) is 35.2 Å². The van der Waals surface area contributed by atoms with Crippen molar-refractivity contribution in [3.63, 3.8) is 0 Å². The Labute approximate surface area is 169 Å². The van der Waals surface area contributed by atoms with Crippen molar-refractivity contribution in [1.82, 2.24) is 0 Å². The van der Waals surface area contributed by atoms with Gasteiger partial charge in [-0.2, -0.15) is 0 Å². The van der Waals surface area contributed by atoms with Gasteiger partial charge in [-0.1, -0.05) is 11.6 Å². The highest BCUT2D eigenvalue weighted by Gasteiger charge is 2.23. The van der Waals surface area contributed by atoms with E-state index in [0.29, 0.717) is 35.1 Å². The van der Waals surface area contributed by atoms with Gasteiger partial charge in [0.05, 0.1) is 17.3 Å². The fourth-order valence-corrected chi connectivity index (χ4v) is 3.90. The molecule has 0 bridgehead atoms. The maximum absolute atomic E-state index is 12.5. The van der Waals surface area contributed by atoms with Crippen molar-refractivity contribution in [3.8, 4) is 0 Å². The van der Waals surface area contributed by atoms with E-state index < -0.39 is 0 Å². The lowest BCUT2D eigenvalue weighted by Gasteiger charge is -2.29. The van der Waals surface area contributed by atoms with Gasteiger partial charge in [-0.05, 0) is 61.7 Å². The summed E-state index contributed by atoms with van der Waals surface area (Å²) in [6, 6.07) is 12.5. The number of nitrogens with one attached hydrogen (secondary N) is 1. The number of carbonyl (C=O) groups excluding carboxylic acids is 2. The van der Waals surface area contributed by atoms with Crippen LogP contribution in [0, 0.1) is 0 Å². The molecule has 0 aliphatic carbocycles. The molecule has 2 heterocycles. The minimum Gasteiger partial charge on any atom is -0.447 e. The van der Waals surface area contributed by atoms with Crippen molar-refractivity contribution in [2.45, 2.75) is 19.3 Å². The first-order valence-electron chi connectivity index (χ1n) is 9.52. The predicted octanol–water partition coefficient (Wildman–Crippen LogP) is 4.54. The summed E-state index contributed by atoms with van der Waals surface area (Å²) in [7, 11) is 0. The van der Waals surface area contributed by atoms with E-state index in [0.717, 1.165) is 18.8 Å². The number of hydrogen-bond donors (Lipinski definition) is 1. The largest absolute Gasteiger partial charge is 0.447 e. The molecule has 2 amide bonds. The van der Waals surface area contributed by atoms with Crippen LogP contribution >= 0.6 is 11.6 Å². The molecule has 2 saturated heterocycles. The summed E-state index contributed by atoms with van der Waals surface area (Å²) in [6.07, 6.45) is 3.26. The van der Waals surface area contributed by atoms with Crippen LogP contribution < -0.4 is 15.1 Å². The first-order valence-corrected chi connectivity index (χ1v) is 9.90. The second-order valence-corrected chi connectivity index (χ2v) is 7.39. The van der Waals surface area contributed by atoms with E-state index in [1.807, 2.05) is 12.1 Å². The quantitative estimate of drug-likeness (QED) is 0.819. The van der Waals surface area contributed by atoms with Crippen LogP contribution in [-0.2, 0) is 4.74 Å². The van der Waals surface area contributed by atoms with E-state index in [-0.39, 0.29) is 12.0 Å². The minimum absolute atomic E-state index is 0.225. The topological polar surface area (TPSA) is 61.9 Å². The number of ether oxygens (including phenoxy) is 1. The number of hydrogen-bond acceptors (Lipinski definition) is 4. The third kappa shape index (κ3) is 3.92. The van der Waals surface area contributed by atoms with E-state index >= 15 is 0 Å². The number of nitrogens with zero attached hydrogens (tertiary/aromatic N) is 2. The molecule has 0 radical (unpaired) electrons. The fourth-order valence-electron chi connectivity index (χ4n) is 3.60. The smallest absolute Gasteiger partial charge is 0.414 e. The van der Waals surface area contributed by atoms with Crippen LogP contribution in [0.25, 0.3) is 0 Å². The molecule has 6 nitrogen and oxygen atoms in total. The van der Waals surface area contributed by atoms with Crippen molar-refractivity contribution in [2.75, 3.05) is 41.4 Å². The molecule has 2 aromatic carbocycles. The van der Waals surface area contributed by atoms with Crippen LogP contribution in [0.1, 0.15) is 29.6 Å². The Bertz CT molecular complexity index is 879. The third-order valence-electron chi connectivity index (χ3n) is 5.10. The van der Waals surface area contributed by atoms with Crippen molar-refractivity contribution in [2.24, 2.45) is 0 Å². The molecule has 146 valence electrons. The Morgan fingerprint density at radius 3 is 2.39 bits per heavy atom. The van der Waals surface area contributed by atoms with Crippen molar-refractivity contribution in [3.05, 3.63) is 53.1 Å². The number of carbonyl (C=O) groups is 2. The Morgan fingerprint density at radius 1 is 1.00 bits per heavy atom. The highest BCUT2D eigenvalue weighted by molar-refractivity contribution is 6.33. The Morgan fingerprint density at radius 2 is 1.75 bits per heavy atom. The summed E-state index contributed by atoms with van der Waals surface area (Å²) < 4.78 is 4.93. The molecule has 2 fully saturated rings. The molecule has 28 heavy (non-hydrogen) atoms. The number of piperidine rings is 1. The standard InChI is InChI=1S/C21H22ClN3O3/c22-18-14-16(6-9-19(18)24-10-2-1-3-11-24)23-20(26)15-4-7-17(8-5-15)25-12-13-28-21(25)27/h4-9,14H,1-3,10-13H2,(H,23,26). The minimum atomic E-state index is -0.361. The van der Waals surface area contributed by atoms with Gasteiger partial charge in [-0.25, -0.2) is 4.79 Å². The van der Waals surface area contributed by atoms with Crippen molar-refractivity contribution < 1.29 is 14.3 Å². The van der Waals surface area contributed by atoms with E-state index in [4.69, 9.17) is 16.3 Å². The van der Waals surface area contributed by atoms with Crippen molar-refractivity contribution in [1.29, 1.82) is 0 Å². The average Bonchev–Trinajstić information content (AvgIpc) is 3.15. The zero-order valence-electron chi connectivity index (χ0n) is 15.5. The lowest BCUT2D eigenvalue weighted by molar-refractivity contribution is 0.102. The lowest BCUT2D eigenvalue weighted by atomic mass is 10.1. The summed E-state index contributed by atoms with van der Waals surface area (Å²) >= 11 is 6.46. The lowest BCUT2D eigenvalue weighted by Crippen LogP contribution is -2.29. The van der Waals surface area contributed by atoms with Crippen LogP contribution in [-0.4, -0.2) is 38.2 Å². The van der Waals surface area contributed by atoms with E-state index in [2.05, 4.69) is 10.2 Å². The number of benzene rings is 2. The van der Waals surface area contributed by atoms with E-state index in [1.165, 1.54) is 19.3 Å². The van der Waals surface area contributed by atoms with Crippen molar-refractivity contribution >= 4 is 40.7 Å². The molecule has 2 aromatic rings. The molecular formula is C21H22ClN3O3. The van der Waals surface area contributed by atoms with Gasteiger partial charge in [0.25, 0.3) is 5.91 Å². The molecule has 0 unspecified atom stereocenters. The normalized spacial score (nSPS) is 16.8. The number of amides is 2. The zero-order chi connectivity index (χ0) is 19.5. The van der Waals surface area contributed by atoms with Gasteiger partial charge in [0, 0.05) is 30.0 Å². The third-order valence-corrected chi connectivity index (χ3v) is 5.41. The molecule has 7 heteroatoms. The Kier molecular flexibility index (Phi) is 5.39. The molecule has 0 saturated carbocycles. The zero-order valence-corrected chi connectivity index (χ0v) is 16.2. The molecule has 2 aliphatic rings. The second kappa shape index (κ2) is 8.10. The fraction of sp³-hybridized carbons (Fsp3) is 0.333. The van der Waals surface area contributed by atoms with Gasteiger partial charge in [0.1, 0.15) is 6.61 Å². The predicted molar refractivity (Wildman–Crippen MR) is 111 cm³/mol. The maximum atomic E-state index is 12.5. The number of rotatable bonds is 4. The van der Waals surface area contributed by atoms with Crippen LogP contribution in [0.15, 0.2) is 42.5 Å². The van der Waals surface area contributed by atoms with Crippen LogP contribution in [0.5, 0.6) is 0 Å². The maximum Gasteiger partial charge on any atom is 0.414 e. The summed E-state index contributed by atoms with van der Waals surface area (Å²) in [4.78, 5) is 28.0. The molecule has 4 rings (SSSR count). The summed E-state index contributed by atoms with van der Waals surface area (Å²) in [5, 5.41) is 3.52. The van der Waals surface area contributed by atoms with Crippen LogP contribution in [0.2, 0.25) is 5.02 Å².